The average Bonchev–Trinajstić information content (AvgIpc) is 2.95. The molecule has 1 saturated carbocycles. The Morgan fingerprint density at radius 3 is 2.96 bits per heavy atom. The fraction of sp³-hybridized carbons (Fsp3) is 0.562. The van der Waals surface area contributed by atoms with E-state index in [0.717, 1.165) is 30.2 Å². The van der Waals surface area contributed by atoms with Crippen LogP contribution in [-0.2, 0) is 7.05 Å². The van der Waals surface area contributed by atoms with Gasteiger partial charge in [-0.2, -0.15) is 5.10 Å². The van der Waals surface area contributed by atoms with Crippen molar-refractivity contribution >= 4 is 23.1 Å². The minimum Gasteiger partial charge on any atom is -0.367 e. The molecule has 1 saturated heterocycles. The molecule has 8 heteroatoms. The van der Waals surface area contributed by atoms with Crippen molar-refractivity contribution in [3.8, 4) is 0 Å². The van der Waals surface area contributed by atoms with Crippen molar-refractivity contribution in [3.63, 3.8) is 0 Å². The predicted octanol–water partition coefficient (Wildman–Crippen LogP) is 1.91. The Hall–Kier alpha value is -2.09. The summed E-state index contributed by atoms with van der Waals surface area (Å²) >= 11 is 1.61. The zero-order valence-corrected chi connectivity index (χ0v) is 14.5. The van der Waals surface area contributed by atoms with Gasteiger partial charge < -0.3 is 15.5 Å². The van der Waals surface area contributed by atoms with Crippen molar-refractivity contribution in [1.82, 2.24) is 25.4 Å². The Morgan fingerprint density at radius 1 is 1.42 bits per heavy atom. The van der Waals surface area contributed by atoms with Gasteiger partial charge in [0, 0.05) is 44.0 Å². The van der Waals surface area contributed by atoms with E-state index >= 15 is 0 Å². The summed E-state index contributed by atoms with van der Waals surface area (Å²) in [4.78, 5) is 19.0. The van der Waals surface area contributed by atoms with Crippen molar-refractivity contribution in [2.24, 2.45) is 13.0 Å². The van der Waals surface area contributed by atoms with Crippen LogP contribution in [0.25, 0.3) is 0 Å². The Labute approximate surface area is 145 Å². The molecule has 1 aliphatic carbocycles. The van der Waals surface area contributed by atoms with Gasteiger partial charge in [-0.25, -0.2) is 9.78 Å². The number of rotatable bonds is 5. The lowest BCUT2D eigenvalue weighted by Crippen LogP contribution is -2.45. The molecule has 2 fully saturated rings. The second-order valence-electron chi connectivity index (χ2n) is 6.61. The van der Waals surface area contributed by atoms with Crippen molar-refractivity contribution < 1.29 is 4.79 Å². The molecule has 7 nitrogen and oxygen atoms in total. The Bertz CT molecular complexity index is 695. The summed E-state index contributed by atoms with van der Waals surface area (Å²) in [5, 5.41) is 13.4. The maximum absolute atomic E-state index is 12.4. The third-order valence-corrected chi connectivity index (χ3v) is 5.54. The molecule has 2 amide bonds. The maximum atomic E-state index is 12.4. The lowest BCUT2D eigenvalue weighted by molar-refractivity contribution is 0.232. The van der Waals surface area contributed by atoms with E-state index in [1.807, 2.05) is 24.8 Å². The molecule has 4 rings (SSSR count). The quantitative estimate of drug-likeness (QED) is 0.867. The zero-order valence-electron chi connectivity index (χ0n) is 13.7. The first-order valence-corrected chi connectivity index (χ1v) is 9.27. The molecule has 0 spiro atoms. The van der Waals surface area contributed by atoms with E-state index in [1.54, 1.807) is 22.2 Å². The van der Waals surface area contributed by atoms with Gasteiger partial charge in [0.1, 0.15) is 5.01 Å². The first kappa shape index (κ1) is 15.4. The number of nitrogens with one attached hydrogen (secondary N) is 2. The van der Waals surface area contributed by atoms with Gasteiger partial charge in [0.15, 0.2) is 0 Å². The third kappa shape index (κ3) is 3.38. The van der Waals surface area contributed by atoms with Gasteiger partial charge in [-0.15, -0.1) is 11.3 Å². The molecule has 2 N–H and O–H groups in total. The van der Waals surface area contributed by atoms with Crippen molar-refractivity contribution in [1.29, 1.82) is 0 Å². The van der Waals surface area contributed by atoms with Crippen molar-refractivity contribution in [2.75, 3.05) is 18.0 Å². The molecule has 0 aromatic carbocycles. The Balaban J connectivity index is 1.31. The summed E-state index contributed by atoms with van der Waals surface area (Å²) in [7, 11) is 1.92. The summed E-state index contributed by atoms with van der Waals surface area (Å²) in [5.74, 6) is 0.539. The van der Waals surface area contributed by atoms with Gasteiger partial charge in [-0.1, -0.05) is 0 Å². The van der Waals surface area contributed by atoms with Crippen molar-refractivity contribution in [2.45, 2.75) is 31.3 Å². The summed E-state index contributed by atoms with van der Waals surface area (Å²) in [5.41, 5.74) is 1.11. The molecular formula is C16H22N6OS. The van der Waals surface area contributed by atoms with Crippen LogP contribution in [0.1, 0.15) is 30.3 Å². The van der Waals surface area contributed by atoms with Crippen LogP contribution in [0.15, 0.2) is 24.0 Å². The minimum absolute atomic E-state index is 0.0563. The summed E-state index contributed by atoms with van der Waals surface area (Å²) in [6.45, 7) is 1.76. The van der Waals surface area contributed by atoms with E-state index in [2.05, 4.69) is 25.6 Å². The number of anilines is 1. The second-order valence-corrected chi connectivity index (χ2v) is 7.53. The molecule has 0 radical (unpaired) electrons. The summed E-state index contributed by atoms with van der Waals surface area (Å²) in [6.07, 6.45) is 8.97. The number of aromatic nitrogens is 3. The maximum Gasteiger partial charge on any atom is 0.315 e. The van der Waals surface area contributed by atoms with Crippen molar-refractivity contribution in [3.05, 3.63) is 29.0 Å². The van der Waals surface area contributed by atoms with Gasteiger partial charge in [0.2, 0.25) is 0 Å². The van der Waals surface area contributed by atoms with E-state index in [0.29, 0.717) is 5.92 Å². The Kier molecular flexibility index (Phi) is 4.13. The van der Waals surface area contributed by atoms with E-state index in [9.17, 15) is 4.79 Å². The number of nitrogens with zero attached hydrogens (tertiary/aromatic N) is 4. The minimum atomic E-state index is -0.0832. The highest BCUT2D eigenvalue weighted by Gasteiger charge is 2.35. The number of urea groups is 1. The zero-order chi connectivity index (χ0) is 16.5. The Morgan fingerprint density at radius 2 is 2.29 bits per heavy atom. The second kappa shape index (κ2) is 6.43. The first-order chi connectivity index (χ1) is 11.7. The molecule has 0 bridgehead atoms. The number of carbonyl (C=O) groups excluding carboxylic acids is 1. The summed E-state index contributed by atoms with van der Waals surface area (Å²) in [6, 6.07) is 0.141. The average molecular weight is 346 g/mol. The molecule has 1 aliphatic heterocycles. The SMILES string of the molecule is Cn1cc(N2CC[C@H](NC(=O)N[C@H](c3nccs3)C3CC3)C2)cn1. The van der Waals surface area contributed by atoms with Gasteiger partial charge in [-0.3, -0.25) is 4.68 Å². The van der Waals surface area contributed by atoms with Crippen LogP contribution in [0.4, 0.5) is 10.5 Å². The van der Waals surface area contributed by atoms with E-state index < -0.39 is 0 Å². The number of carbonyl (C=O) groups is 1. The van der Waals surface area contributed by atoms with Crippen LogP contribution in [0.3, 0.4) is 0 Å². The van der Waals surface area contributed by atoms with Gasteiger partial charge in [0.25, 0.3) is 0 Å². The molecular weight excluding hydrogens is 324 g/mol. The first-order valence-electron chi connectivity index (χ1n) is 8.39. The number of thiazole rings is 1. The largest absolute Gasteiger partial charge is 0.367 e. The molecule has 24 heavy (non-hydrogen) atoms. The topological polar surface area (TPSA) is 75.1 Å². The van der Waals surface area contributed by atoms with Crippen LogP contribution in [0.5, 0.6) is 0 Å². The van der Waals surface area contributed by atoms with E-state index in [-0.39, 0.29) is 18.1 Å². The molecule has 2 aliphatic rings. The molecule has 2 atom stereocenters. The van der Waals surface area contributed by atoms with Crippen LogP contribution in [0.2, 0.25) is 0 Å². The molecule has 0 unspecified atom stereocenters. The monoisotopic (exact) mass is 346 g/mol. The van der Waals surface area contributed by atoms with E-state index in [4.69, 9.17) is 0 Å². The fourth-order valence-electron chi connectivity index (χ4n) is 3.25. The number of hydrogen-bond donors (Lipinski definition) is 2. The van der Waals surface area contributed by atoms with Gasteiger partial charge in [-0.05, 0) is 25.2 Å². The van der Waals surface area contributed by atoms with E-state index in [1.165, 1.54) is 12.8 Å². The lowest BCUT2D eigenvalue weighted by Gasteiger charge is -2.20. The molecule has 128 valence electrons. The highest BCUT2D eigenvalue weighted by Crippen LogP contribution is 2.41. The van der Waals surface area contributed by atoms with Crippen LogP contribution < -0.4 is 15.5 Å². The highest BCUT2D eigenvalue weighted by atomic mass is 32.1. The smallest absolute Gasteiger partial charge is 0.315 e. The van der Waals surface area contributed by atoms with Crippen LogP contribution >= 0.6 is 11.3 Å². The molecule has 2 aromatic rings. The molecule has 2 aromatic heterocycles. The number of hydrogen-bond acceptors (Lipinski definition) is 5. The standard InChI is InChI=1S/C16H22N6OS/c1-21-10-13(8-18-21)22-6-4-12(9-22)19-16(23)20-14(11-2-3-11)15-17-5-7-24-15/h5,7-8,10-12,14H,2-4,6,9H2,1H3,(H2,19,20,23)/t12-,14-/m0/s1. The fourth-order valence-corrected chi connectivity index (χ4v) is 4.03. The van der Waals surface area contributed by atoms with Crippen LogP contribution in [-0.4, -0.2) is 39.9 Å². The predicted molar refractivity (Wildman–Crippen MR) is 93.1 cm³/mol. The van der Waals surface area contributed by atoms with Crippen LogP contribution in [0, 0.1) is 5.92 Å². The molecule has 3 heterocycles. The van der Waals surface area contributed by atoms with Gasteiger partial charge >= 0.3 is 6.03 Å². The lowest BCUT2D eigenvalue weighted by atomic mass is 10.2. The third-order valence-electron chi connectivity index (χ3n) is 4.68. The highest BCUT2D eigenvalue weighted by molar-refractivity contribution is 7.09. The van der Waals surface area contributed by atoms with Gasteiger partial charge in [0.05, 0.1) is 17.9 Å². The number of aryl methyl sites for hydroxylation is 1. The normalized spacial score (nSPS) is 21.7. The number of amides is 2. The summed E-state index contributed by atoms with van der Waals surface area (Å²) < 4.78 is 1.80.